The molecule has 2 rings (SSSR count). The molecule has 0 bridgehead atoms. The molecule has 0 aromatic carbocycles. The number of sulfonamides is 1. The van der Waals surface area contributed by atoms with Gasteiger partial charge in [-0.3, -0.25) is 4.72 Å². The fourth-order valence-corrected chi connectivity index (χ4v) is 1.73. The van der Waals surface area contributed by atoms with Gasteiger partial charge in [0.05, 0.1) is 12.4 Å². The van der Waals surface area contributed by atoms with E-state index >= 15 is 0 Å². The van der Waals surface area contributed by atoms with Gasteiger partial charge in [-0.05, 0) is 25.0 Å². The molecule has 1 aromatic rings. The summed E-state index contributed by atoms with van der Waals surface area (Å²) in [5.74, 6) is 0.515. The number of hydrogen-bond acceptors (Lipinski definition) is 5. The summed E-state index contributed by atoms with van der Waals surface area (Å²) in [6.45, 7) is 0. The van der Waals surface area contributed by atoms with Crippen LogP contribution in [0.5, 0.6) is 5.75 Å². The summed E-state index contributed by atoms with van der Waals surface area (Å²) in [4.78, 5) is 3.88. The van der Waals surface area contributed by atoms with Gasteiger partial charge < -0.3 is 4.74 Å². The second kappa shape index (κ2) is 4.22. The van der Waals surface area contributed by atoms with Crippen LogP contribution in [0.15, 0.2) is 12.1 Å². The van der Waals surface area contributed by atoms with Crippen LogP contribution in [-0.4, -0.2) is 25.8 Å². The molecule has 0 amide bonds. The Kier molecular flexibility index (Phi) is 2.90. The third-order valence-electron chi connectivity index (χ3n) is 2.07. The fourth-order valence-electron chi connectivity index (χ4n) is 1.23. The molecular formula is C10H11N3O3S. The number of nitriles is 1. The highest BCUT2D eigenvalue weighted by molar-refractivity contribution is 7.92. The number of ether oxygens (including phenoxy) is 1. The predicted molar refractivity (Wildman–Crippen MR) is 61.1 cm³/mol. The van der Waals surface area contributed by atoms with E-state index in [0.29, 0.717) is 5.75 Å². The van der Waals surface area contributed by atoms with Crippen LogP contribution < -0.4 is 9.46 Å². The van der Waals surface area contributed by atoms with Crippen molar-refractivity contribution in [1.82, 2.24) is 4.98 Å². The van der Waals surface area contributed by atoms with Gasteiger partial charge in [-0.2, -0.15) is 5.26 Å². The molecule has 17 heavy (non-hydrogen) atoms. The van der Waals surface area contributed by atoms with Crippen molar-refractivity contribution in [3.05, 3.63) is 17.8 Å². The van der Waals surface area contributed by atoms with Crippen LogP contribution in [0.25, 0.3) is 0 Å². The van der Waals surface area contributed by atoms with Gasteiger partial charge in [0, 0.05) is 0 Å². The molecule has 1 aliphatic rings. The topological polar surface area (TPSA) is 92.1 Å². The SMILES string of the molecule is CS(=O)(=O)Nc1ccc(OC2CC2)c(C#N)n1. The Morgan fingerprint density at radius 1 is 1.53 bits per heavy atom. The number of hydrogen-bond donors (Lipinski definition) is 1. The molecule has 0 atom stereocenters. The zero-order valence-electron chi connectivity index (χ0n) is 9.17. The van der Waals surface area contributed by atoms with Crippen molar-refractivity contribution in [3.8, 4) is 11.8 Å². The summed E-state index contributed by atoms with van der Waals surface area (Å²) >= 11 is 0. The number of rotatable bonds is 4. The van der Waals surface area contributed by atoms with Crippen molar-refractivity contribution in [2.45, 2.75) is 18.9 Å². The molecule has 1 fully saturated rings. The Labute approximate surface area is 99.3 Å². The predicted octanol–water partition coefficient (Wildman–Crippen LogP) is 0.866. The highest BCUT2D eigenvalue weighted by atomic mass is 32.2. The Morgan fingerprint density at radius 2 is 2.24 bits per heavy atom. The average molecular weight is 253 g/mol. The molecule has 0 unspecified atom stereocenters. The van der Waals surface area contributed by atoms with Gasteiger partial charge >= 0.3 is 0 Å². The zero-order chi connectivity index (χ0) is 12.5. The summed E-state index contributed by atoms with van der Waals surface area (Å²) in [6.07, 6.45) is 3.15. The summed E-state index contributed by atoms with van der Waals surface area (Å²) in [5, 5.41) is 8.90. The molecule has 0 spiro atoms. The van der Waals surface area contributed by atoms with Gasteiger partial charge in [-0.15, -0.1) is 0 Å². The van der Waals surface area contributed by atoms with Crippen LogP contribution in [0, 0.1) is 11.3 Å². The van der Waals surface area contributed by atoms with E-state index in [1.807, 2.05) is 6.07 Å². The zero-order valence-corrected chi connectivity index (χ0v) is 9.99. The molecule has 1 aliphatic carbocycles. The van der Waals surface area contributed by atoms with Gasteiger partial charge in [0.15, 0.2) is 11.4 Å². The van der Waals surface area contributed by atoms with E-state index in [1.165, 1.54) is 6.07 Å². The van der Waals surface area contributed by atoms with Crippen LogP contribution in [0.2, 0.25) is 0 Å². The highest BCUT2D eigenvalue weighted by Gasteiger charge is 2.25. The molecule has 0 saturated heterocycles. The second-order valence-electron chi connectivity index (χ2n) is 3.85. The fraction of sp³-hybridized carbons (Fsp3) is 0.400. The summed E-state index contributed by atoms with van der Waals surface area (Å²) in [6, 6.07) is 4.91. The van der Waals surface area contributed by atoms with E-state index < -0.39 is 10.0 Å². The Morgan fingerprint density at radius 3 is 2.76 bits per heavy atom. The van der Waals surface area contributed by atoms with Crippen LogP contribution in [0.4, 0.5) is 5.82 Å². The first-order valence-corrected chi connectivity index (χ1v) is 6.92. The van der Waals surface area contributed by atoms with Crippen molar-refractivity contribution in [2.75, 3.05) is 11.0 Å². The van der Waals surface area contributed by atoms with Gasteiger partial charge in [-0.1, -0.05) is 0 Å². The maximum atomic E-state index is 11.0. The third kappa shape index (κ3) is 3.32. The van der Waals surface area contributed by atoms with Crippen molar-refractivity contribution in [1.29, 1.82) is 5.26 Å². The van der Waals surface area contributed by atoms with Crippen LogP contribution >= 0.6 is 0 Å². The minimum Gasteiger partial charge on any atom is -0.487 e. The monoisotopic (exact) mass is 253 g/mol. The largest absolute Gasteiger partial charge is 0.487 e. The van der Waals surface area contributed by atoms with E-state index in [-0.39, 0.29) is 17.6 Å². The summed E-state index contributed by atoms with van der Waals surface area (Å²) in [5.41, 5.74) is 0.0885. The molecule has 1 heterocycles. The second-order valence-corrected chi connectivity index (χ2v) is 5.59. The molecule has 1 N–H and O–H groups in total. The van der Waals surface area contributed by atoms with E-state index in [2.05, 4.69) is 9.71 Å². The van der Waals surface area contributed by atoms with E-state index in [4.69, 9.17) is 10.00 Å². The first-order chi connectivity index (χ1) is 7.98. The number of nitrogens with one attached hydrogen (secondary N) is 1. The lowest BCUT2D eigenvalue weighted by atomic mass is 10.3. The first-order valence-electron chi connectivity index (χ1n) is 5.03. The molecule has 6 nitrogen and oxygen atoms in total. The Balaban J connectivity index is 2.24. The minimum absolute atomic E-state index is 0.0885. The normalized spacial score (nSPS) is 15.1. The maximum Gasteiger partial charge on any atom is 0.230 e. The lowest BCUT2D eigenvalue weighted by molar-refractivity contribution is 0.301. The average Bonchev–Trinajstić information content (AvgIpc) is 3.02. The number of pyridine rings is 1. The standard InChI is InChI=1S/C10H11N3O3S/c1-17(14,15)13-10-5-4-9(8(6-11)12-10)16-7-2-3-7/h4-5,7H,2-3H2,1H3,(H,12,13). The van der Waals surface area contributed by atoms with Gasteiger partial charge in [-0.25, -0.2) is 13.4 Å². The van der Waals surface area contributed by atoms with Gasteiger partial charge in [0.2, 0.25) is 10.0 Å². The molecule has 1 aromatic heterocycles. The maximum absolute atomic E-state index is 11.0. The Hall–Kier alpha value is -1.81. The summed E-state index contributed by atoms with van der Waals surface area (Å²) < 4.78 is 29.7. The Bertz CT molecular complexity index is 573. The number of aromatic nitrogens is 1. The van der Waals surface area contributed by atoms with E-state index in [9.17, 15) is 8.42 Å². The van der Waals surface area contributed by atoms with Crippen LogP contribution in [0.3, 0.4) is 0 Å². The van der Waals surface area contributed by atoms with Crippen molar-refractivity contribution in [2.24, 2.45) is 0 Å². The van der Waals surface area contributed by atoms with E-state index in [0.717, 1.165) is 19.1 Å². The van der Waals surface area contributed by atoms with Crippen LogP contribution in [0.1, 0.15) is 18.5 Å². The number of anilines is 1. The number of nitrogens with zero attached hydrogens (tertiary/aromatic N) is 2. The quantitative estimate of drug-likeness (QED) is 0.859. The van der Waals surface area contributed by atoms with E-state index in [1.54, 1.807) is 6.07 Å². The van der Waals surface area contributed by atoms with Gasteiger partial charge in [0.25, 0.3) is 0 Å². The lowest BCUT2D eigenvalue weighted by Crippen LogP contribution is -2.11. The van der Waals surface area contributed by atoms with Gasteiger partial charge in [0.1, 0.15) is 11.9 Å². The van der Waals surface area contributed by atoms with Crippen molar-refractivity contribution in [3.63, 3.8) is 0 Å². The molecule has 90 valence electrons. The van der Waals surface area contributed by atoms with Crippen molar-refractivity contribution < 1.29 is 13.2 Å². The molecule has 0 aliphatic heterocycles. The summed E-state index contributed by atoms with van der Waals surface area (Å²) in [7, 11) is -3.39. The lowest BCUT2D eigenvalue weighted by Gasteiger charge is -2.08. The first kappa shape index (κ1) is 11.7. The molecular weight excluding hydrogens is 242 g/mol. The minimum atomic E-state index is -3.39. The smallest absolute Gasteiger partial charge is 0.230 e. The molecule has 7 heteroatoms. The molecule has 0 radical (unpaired) electrons. The van der Waals surface area contributed by atoms with Crippen molar-refractivity contribution >= 4 is 15.8 Å². The van der Waals surface area contributed by atoms with Crippen LogP contribution in [-0.2, 0) is 10.0 Å². The third-order valence-corrected chi connectivity index (χ3v) is 2.65. The molecule has 1 saturated carbocycles. The highest BCUT2D eigenvalue weighted by Crippen LogP contribution is 2.28.